The average Bonchev–Trinajstić information content (AvgIpc) is 3.46. The maximum atomic E-state index is 12.2. The molecule has 0 spiro atoms. The Morgan fingerprint density at radius 2 is 1.96 bits per heavy atom. The van der Waals surface area contributed by atoms with E-state index in [0.717, 1.165) is 70.5 Å². The molecule has 0 bridgehead atoms. The van der Waals surface area contributed by atoms with Crippen molar-refractivity contribution in [3.8, 4) is 0 Å². The van der Waals surface area contributed by atoms with Gasteiger partial charge in [-0.1, -0.05) is 0 Å². The number of rotatable bonds is 4. The third kappa shape index (κ3) is 4.12. The summed E-state index contributed by atoms with van der Waals surface area (Å²) in [7, 11) is 0. The van der Waals surface area contributed by atoms with Gasteiger partial charge < -0.3 is 15.3 Å². The standard InChI is InChI=1S/C19H28N4O2/c24-17-2-1-9-23(13-17)16-6-10-22(11-7-16)18-12-14(5-8-20-18)19(25)21-15-3-4-15/h5,8,12,15-17,24H,1-4,6-7,9-11,13H2,(H,21,25)/t17-/m0/s1. The first-order chi connectivity index (χ1) is 12.2. The molecule has 0 aromatic carbocycles. The third-order valence-electron chi connectivity index (χ3n) is 5.65. The number of nitrogens with one attached hydrogen (secondary N) is 1. The molecule has 0 radical (unpaired) electrons. The number of carbonyl (C=O) groups is 1. The minimum Gasteiger partial charge on any atom is -0.392 e. The first-order valence-corrected chi connectivity index (χ1v) is 9.63. The molecule has 1 aromatic heterocycles. The summed E-state index contributed by atoms with van der Waals surface area (Å²) < 4.78 is 0. The number of anilines is 1. The number of nitrogens with zero attached hydrogens (tertiary/aromatic N) is 3. The Hall–Kier alpha value is -1.66. The molecule has 6 nitrogen and oxygen atoms in total. The van der Waals surface area contributed by atoms with Crippen LogP contribution in [0, 0.1) is 0 Å². The second-order valence-corrected chi connectivity index (χ2v) is 7.66. The summed E-state index contributed by atoms with van der Waals surface area (Å²) in [5, 5.41) is 12.9. The van der Waals surface area contributed by atoms with Crippen molar-refractivity contribution in [1.82, 2.24) is 15.2 Å². The summed E-state index contributed by atoms with van der Waals surface area (Å²) in [5.74, 6) is 0.920. The van der Waals surface area contributed by atoms with E-state index >= 15 is 0 Å². The maximum Gasteiger partial charge on any atom is 0.251 e. The zero-order chi connectivity index (χ0) is 17.2. The van der Waals surface area contributed by atoms with E-state index in [1.54, 1.807) is 12.3 Å². The number of aliphatic hydroxyl groups is 1. The van der Waals surface area contributed by atoms with E-state index in [0.29, 0.717) is 17.6 Å². The fourth-order valence-electron chi connectivity index (χ4n) is 4.00. The number of pyridine rings is 1. The van der Waals surface area contributed by atoms with Crippen molar-refractivity contribution in [2.24, 2.45) is 0 Å². The molecule has 3 aliphatic rings. The summed E-state index contributed by atoms with van der Waals surface area (Å²) in [5.41, 5.74) is 0.707. The summed E-state index contributed by atoms with van der Waals surface area (Å²) >= 11 is 0. The van der Waals surface area contributed by atoms with Gasteiger partial charge in [-0.3, -0.25) is 9.69 Å². The van der Waals surface area contributed by atoms with Crippen molar-refractivity contribution >= 4 is 11.7 Å². The van der Waals surface area contributed by atoms with E-state index in [4.69, 9.17) is 0 Å². The quantitative estimate of drug-likeness (QED) is 0.864. The van der Waals surface area contributed by atoms with Crippen LogP contribution in [0.25, 0.3) is 0 Å². The fourth-order valence-corrected chi connectivity index (χ4v) is 4.00. The van der Waals surface area contributed by atoms with Gasteiger partial charge in [0.05, 0.1) is 6.10 Å². The number of carbonyl (C=O) groups excluding carboxylic acids is 1. The van der Waals surface area contributed by atoms with Gasteiger partial charge in [0.25, 0.3) is 5.91 Å². The van der Waals surface area contributed by atoms with Gasteiger partial charge in [0.15, 0.2) is 0 Å². The Bertz CT molecular complexity index is 611. The van der Waals surface area contributed by atoms with E-state index in [2.05, 4.69) is 20.1 Å². The first kappa shape index (κ1) is 16.8. The molecule has 2 N–H and O–H groups in total. The van der Waals surface area contributed by atoms with Gasteiger partial charge in [0, 0.05) is 43.5 Å². The Kier molecular flexibility index (Phi) is 4.90. The van der Waals surface area contributed by atoms with Crippen LogP contribution in [0.15, 0.2) is 18.3 Å². The van der Waals surface area contributed by atoms with Crippen molar-refractivity contribution in [2.75, 3.05) is 31.1 Å². The van der Waals surface area contributed by atoms with Crippen LogP contribution in [0.5, 0.6) is 0 Å². The molecule has 0 unspecified atom stereocenters. The fraction of sp³-hybridized carbons (Fsp3) is 0.684. The minimum atomic E-state index is -0.157. The van der Waals surface area contributed by atoms with Crippen LogP contribution in [0.2, 0.25) is 0 Å². The zero-order valence-electron chi connectivity index (χ0n) is 14.7. The van der Waals surface area contributed by atoms with Crippen LogP contribution >= 0.6 is 0 Å². The summed E-state index contributed by atoms with van der Waals surface area (Å²) in [4.78, 5) is 21.5. The Morgan fingerprint density at radius 3 is 2.68 bits per heavy atom. The number of amides is 1. The number of piperidine rings is 2. The van der Waals surface area contributed by atoms with Crippen molar-refractivity contribution in [3.05, 3.63) is 23.9 Å². The third-order valence-corrected chi connectivity index (χ3v) is 5.65. The molecule has 1 aromatic rings. The van der Waals surface area contributed by atoms with Gasteiger partial charge >= 0.3 is 0 Å². The summed E-state index contributed by atoms with van der Waals surface area (Å²) in [6, 6.07) is 4.65. The zero-order valence-corrected chi connectivity index (χ0v) is 14.7. The minimum absolute atomic E-state index is 0.0170. The van der Waals surface area contributed by atoms with Gasteiger partial charge in [-0.15, -0.1) is 0 Å². The lowest BCUT2D eigenvalue weighted by atomic mass is 9.99. The molecule has 1 aliphatic carbocycles. The van der Waals surface area contributed by atoms with E-state index < -0.39 is 0 Å². The van der Waals surface area contributed by atoms with E-state index in [-0.39, 0.29) is 12.0 Å². The Balaban J connectivity index is 1.34. The monoisotopic (exact) mass is 344 g/mol. The number of hydrogen-bond acceptors (Lipinski definition) is 5. The van der Waals surface area contributed by atoms with Crippen molar-refractivity contribution in [1.29, 1.82) is 0 Å². The maximum absolute atomic E-state index is 12.2. The molecular formula is C19H28N4O2. The number of hydrogen-bond donors (Lipinski definition) is 2. The topological polar surface area (TPSA) is 68.7 Å². The van der Waals surface area contributed by atoms with Crippen LogP contribution in [0.3, 0.4) is 0 Å². The molecule has 4 rings (SSSR count). The van der Waals surface area contributed by atoms with E-state index in [9.17, 15) is 9.90 Å². The largest absolute Gasteiger partial charge is 0.392 e. The number of β-amino-alcohol motifs (C(OH)–C–C–N with tert-alkyl or cyclic N) is 1. The SMILES string of the molecule is O=C(NC1CC1)c1ccnc(N2CCC(N3CCC[C@H](O)C3)CC2)c1. The van der Waals surface area contributed by atoms with E-state index in [1.807, 2.05) is 6.07 Å². The molecule has 3 fully saturated rings. The smallest absolute Gasteiger partial charge is 0.251 e. The Morgan fingerprint density at radius 1 is 1.16 bits per heavy atom. The van der Waals surface area contributed by atoms with Gasteiger partial charge in [-0.2, -0.15) is 0 Å². The van der Waals surface area contributed by atoms with Crippen LogP contribution in [0.4, 0.5) is 5.82 Å². The normalized spacial score (nSPS) is 25.8. The lowest BCUT2D eigenvalue weighted by molar-refractivity contribution is 0.0398. The second-order valence-electron chi connectivity index (χ2n) is 7.66. The van der Waals surface area contributed by atoms with Gasteiger partial charge in [0.2, 0.25) is 0 Å². The molecular weight excluding hydrogens is 316 g/mol. The number of aliphatic hydroxyl groups excluding tert-OH is 1. The molecule has 1 saturated carbocycles. The molecule has 25 heavy (non-hydrogen) atoms. The molecule has 1 atom stereocenters. The highest BCUT2D eigenvalue weighted by Gasteiger charge is 2.29. The van der Waals surface area contributed by atoms with Gasteiger partial charge in [0.1, 0.15) is 5.82 Å². The van der Waals surface area contributed by atoms with Crippen LogP contribution in [-0.4, -0.2) is 65.3 Å². The number of aromatic nitrogens is 1. The van der Waals surface area contributed by atoms with Crippen LogP contribution in [0.1, 0.15) is 48.9 Å². The van der Waals surface area contributed by atoms with E-state index in [1.165, 1.54) is 0 Å². The highest BCUT2D eigenvalue weighted by Crippen LogP contribution is 2.25. The molecule has 1 amide bonds. The predicted octanol–water partition coefficient (Wildman–Crippen LogP) is 1.40. The predicted molar refractivity (Wildman–Crippen MR) is 96.8 cm³/mol. The van der Waals surface area contributed by atoms with Gasteiger partial charge in [-0.05, 0) is 57.2 Å². The molecule has 3 heterocycles. The van der Waals surface area contributed by atoms with Crippen LogP contribution in [-0.2, 0) is 0 Å². The molecule has 6 heteroatoms. The summed E-state index contributed by atoms with van der Waals surface area (Å²) in [6.45, 7) is 3.84. The summed E-state index contributed by atoms with van der Waals surface area (Å²) in [6.07, 6.45) is 8.00. The first-order valence-electron chi connectivity index (χ1n) is 9.63. The lowest BCUT2D eigenvalue weighted by Crippen LogP contribution is -2.49. The van der Waals surface area contributed by atoms with Crippen LogP contribution < -0.4 is 10.2 Å². The highest BCUT2D eigenvalue weighted by atomic mass is 16.3. The molecule has 2 aliphatic heterocycles. The Labute approximate surface area is 149 Å². The lowest BCUT2D eigenvalue weighted by Gasteiger charge is -2.41. The highest BCUT2D eigenvalue weighted by molar-refractivity contribution is 5.95. The number of likely N-dealkylation sites (tertiary alicyclic amines) is 1. The van der Waals surface area contributed by atoms with Gasteiger partial charge in [-0.25, -0.2) is 4.98 Å². The average molecular weight is 344 g/mol. The molecule has 2 saturated heterocycles. The van der Waals surface area contributed by atoms with Crippen molar-refractivity contribution in [2.45, 2.75) is 56.7 Å². The second kappa shape index (κ2) is 7.30. The molecule has 136 valence electrons. The van der Waals surface area contributed by atoms with Crippen molar-refractivity contribution in [3.63, 3.8) is 0 Å². The van der Waals surface area contributed by atoms with Crippen molar-refractivity contribution < 1.29 is 9.90 Å².